The maximum Gasteiger partial charge on any atom is 0.142 e. The van der Waals surface area contributed by atoms with Crippen molar-refractivity contribution >= 4 is 21.7 Å². The van der Waals surface area contributed by atoms with E-state index in [1.54, 1.807) is 0 Å². The first kappa shape index (κ1) is 15.5. The summed E-state index contributed by atoms with van der Waals surface area (Å²) in [4.78, 5) is 4.45. The number of halogens is 1. The van der Waals surface area contributed by atoms with E-state index in [4.69, 9.17) is 5.73 Å². The highest BCUT2D eigenvalue weighted by molar-refractivity contribution is 9.10. The summed E-state index contributed by atoms with van der Waals surface area (Å²) in [5.41, 5.74) is 10.6. The Morgan fingerprint density at radius 2 is 1.90 bits per heavy atom. The number of hydrogen-bond acceptors (Lipinski definition) is 3. The van der Waals surface area contributed by atoms with Gasteiger partial charge in [0.15, 0.2) is 0 Å². The number of benzene rings is 1. The summed E-state index contributed by atoms with van der Waals surface area (Å²) in [6.07, 6.45) is 2.72. The fourth-order valence-corrected chi connectivity index (χ4v) is 2.83. The molecule has 3 nitrogen and oxygen atoms in total. The SMILES string of the molecule is CCCc1nc(N)c(C#N)c(-c2ccc(Br)cc2)c1CC. The van der Waals surface area contributed by atoms with Gasteiger partial charge < -0.3 is 5.73 Å². The molecule has 1 aromatic heterocycles. The average Bonchev–Trinajstić information content (AvgIpc) is 2.48. The third-order valence-electron chi connectivity index (χ3n) is 3.50. The zero-order valence-corrected chi connectivity index (χ0v) is 13.9. The Balaban J connectivity index is 2.77. The largest absolute Gasteiger partial charge is 0.383 e. The Labute approximate surface area is 133 Å². The average molecular weight is 344 g/mol. The molecule has 1 aromatic carbocycles. The third-order valence-corrected chi connectivity index (χ3v) is 4.03. The van der Waals surface area contributed by atoms with Crippen LogP contribution in [-0.4, -0.2) is 4.98 Å². The molecule has 0 radical (unpaired) electrons. The van der Waals surface area contributed by atoms with Gasteiger partial charge in [-0.3, -0.25) is 0 Å². The molecule has 0 atom stereocenters. The number of aromatic nitrogens is 1. The fourth-order valence-electron chi connectivity index (χ4n) is 2.56. The molecule has 0 bridgehead atoms. The van der Waals surface area contributed by atoms with Crippen molar-refractivity contribution < 1.29 is 0 Å². The van der Waals surface area contributed by atoms with Crippen LogP contribution in [0.4, 0.5) is 5.82 Å². The molecule has 1 heterocycles. The minimum atomic E-state index is 0.330. The van der Waals surface area contributed by atoms with Gasteiger partial charge in [0.25, 0.3) is 0 Å². The molecule has 2 aromatic rings. The highest BCUT2D eigenvalue weighted by Crippen LogP contribution is 2.33. The van der Waals surface area contributed by atoms with Crippen molar-refractivity contribution in [3.05, 3.63) is 45.6 Å². The molecule has 0 spiro atoms. The van der Waals surface area contributed by atoms with E-state index in [1.165, 1.54) is 0 Å². The summed E-state index contributed by atoms with van der Waals surface area (Å²) in [5, 5.41) is 9.48. The Bertz CT molecular complexity index is 685. The lowest BCUT2D eigenvalue weighted by Crippen LogP contribution is -2.07. The van der Waals surface area contributed by atoms with Crippen LogP contribution in [0, 0.1) is 11.3 Å². The number of pyridine rings is 1. The zero-order chi connectivity index (χ0) is 15.4. The van der Waals surface area contributed by atoms with E-state index in [9.17, 15) is 5.26 Å². The Morgan fingerprint density at radius 3 is 2.43 bits per heavy atom. The normalized spacial score (nSPS) is 10.4. The van der Waals surface area contributed by atoms with E-state index in [0.717, 1.165) is 46.1 Å². The summed E-state index contributed by atoms with van der Waals surface area (Å²) >= 11 is 3.44. The number of hydrogen-bond donors (Lipinski definition) is 1. The lowest BCUT2D eigenvalue weighted by Gasteiger charge is -2.16. The number of nitrogens with zero attached hydrogens (tertiary/aromatic N) is 2. The number of anilines is 1. The second kappa shape index (κ2) is 6.73. The van der Waals surface area contributed by atoms with E-state index in [2.05, 4.69) is 40.8 Å². The molecule has 0 amide bonds. The molecule has 0 unspecified atom stereocenters. The van der Waals surface area contributed by atoms with Gasteiger partial charge in [0.1, 0.15) is 17.5 Å². The second-order valence-corrected chi connectivity index (χ2v) is 5.81. The van der Waals surface area contributed by atoms with E-state index in [0.29, 0.717) is 11.4 Å². The molecule has 4 heteroatoms. The van der Waals surface area contributed by atoms with E-state index >= 15 is 0 Å². The Kier molecular flexibility index (Phi) is 4.98. The summed E-state index contributed by atoms with van der Waals surface area (Å²) in [6, 6.07) is 10.2. The van der Waals surface area contributed by atoms with Crippen LogP contribution in [-0.2, 0) is 12.8 Å². The van der Waals surface area contributed by atoms with Crippen molar-refractivity contribution in [3.8, 4) is 17.2 Å². The van der Waals surface area contributed by atoms with Crippen LogP contribution in [0.1, 0.15) is 37.1 Å². The van der Waals surface area contributed by atoms with Crippen LogP contribution in [0.3, 0.4) is 0 Å². The lowest BCUT2D eigenvalue weighted by molar-refractivity contribution is 0.860. The molecule has 0 fully saturated rings. The quantitative estimate of drug-likeness (QED) is 0.889. The lowest BCUT2D eigenvalue weighted by atomic mass is 9.91. The van der Waals surface area contributed by atoms with Crippen LogP contribution in [0.2, 0.25) is 0 Å². The van der Waals surface area contributed by atoms with Crippen LogP contribution < -0.4 is 5.73 Å². The highest BCUT2D eigenvalue weighted by atomic mass is 79.9. The molecular formula is C17H18BrN3. The van der Waals surface area contributed by atoms with Crippen molar-refractivity contribution in [1.29, 1.82) is 5.26 Å². The smallest absolute Gasteiger partial charge is 0.142 e. The van der Waals surface area contributed by atoms with Crippen LogP contribution >= 0.6 is 15.9 Å². The topological polar surface area (TPSA) is 62.7 Å². The predicted octanol–water partition coefficient (Wildman–Crippen LogP) is 4.48. The molecule has 0 aliphatic rings. The Morgan fingerprint density at radius 1 is 1.24 bits per heavy atom. The molecule has 2 N–H and O–H groups in total. The molecule has 2 rings (SSSR count). The summed E-state index contributed by atoms with van der Waals surface area (Å²) < 4.78 is 1.01. The van der Waals surface area contributed by atoms with Gasteiger partial charge in [-0.1, -0.05) is 48.3 Å². The first-order valence-corrected chi connectivity index (χ1v) is 7.88. The van der Waals surface area contributed by atoms with Crippen LogP contribution in [0.15, 0.2) is 28.7 Å². The maximum absolute atomic E-state index is 9.48. The van der Waals surface area contributed by atoms with E-state index < -0.39 is 0 Å². The van der Waals surface area contributed by atoms with Gasteiger partial charge in [0.2, 0.25) is 0 Å². The summed E-state index contributed by atoms with van der Waals surface area (Å²) in [7, 11) is 0. The first-order chi connectivity index (χ1) is 10.1. The molecule has 0 saturated carbocycles. The number of nitrogens with two attached hydrogens (primary N) is 1. The number of nitriles is 1. The van der Waals surface area contributed by atoms with E-state index in [-0.39, 0.29) is 0 Å². The summed E-state index contributed by atoms with van der Waals surface area (Å²) in [6.45, 7) is 4.21. The predicted molar refractivity (Wildman–Crippen MR) is 89.9 cm³/mol. The van der Waals surface area contributed by atoms with Crippen molar-refractivity contribution in [3.63, 3.8) is 0 Å². The molecule has 0 aliphatic carbocycles. The third kappa shape index (κ3) is 3.08. The van der Waals surface area contributed by atoms with Gasteiger partial charge in [-0.15, -0.1) is 0 Å². The fraction of sp³-hybridized carbons (Fsp3) is 0.294. The maximum atomic E-state index is 9.48. The Hall–Kier alpha value is -1.86. The minimum absolute atomic E-state index is 0.330. The van der Waals surface area contributed by atoms with Gasteiger partial charge in [0, 0.05) is 15.7 Å². The van der Waals surface area contributed by atoms with Crippen LogP contribution in [0.5, 0.6) is 0 Å². The van der Waals surface area contributed by atoms with Gasteiger partial charge in [-0.25, -0.2) is 4.98 Å². The monoisotopic (exact) mass is 343 g/mol. The molecule has 21 heavy (non-hydrogen) atoms. The second-order valence-electron chi connectivity index (χ2n) is 4.89. The van der Waals surface area contributed by atoms with Gasteiger partial charge in [-0.05, 0) is 36.1 Å². The molecule has 108 valence electrons. The van der Waals surface area contributed by atoms with Crippen molar-refractivity contribution in [2.24, 2.45) is 0 Å². The van der Waals surface area contributed by atoms with Crippen LogP contribution in [0.25, 0.3) is 11.1 Å². The molecular weight excluding hydrogens is 326 g/mol. The van der Waals surface area contributed by atoms with Crippen molar-refractivity contribution in [1.82, 2.24) is 4.98 Å². The first-order valence-electron chi connectivity index (χ1n) is 7.09. The van der Waals surface area contributed by atoms with Gasteiger partial charge in [-0.2, -0.15) is 5.26 Å². The summed E-state index contributed by atoms with van der Waals surface area (Å²) in [5.74, 6) is 0.330. The minimum Gasteiger partial charge on any atom is -0.383 e. The zero-order valence-electron chi connectivity index (χ0n) is 12.3. The molecule has 0 saturated heterocycles. The van der Waals surface area contributed by atoms with Gasteiger partial charge in [0.05, 0.1) is 0 Å². The van der Waals surface area contributed by atoms with Gasteiger partial charge >= 0.3 is 0 Å². The van der Waals surface area contributed by atoms with E-state index in [1.807, 2.05) is 24.3 Å². The highest BCUT2D eigenvalue weighted by Gasteiger charge is 2.18. The number of aryl methyl sites for hydroxylation is 1. The van der Waals surface area contributed by atoms with Crippen molar-refractivity contribution in [2.75, 3.05) is 5.73 Å². The van der Waals surface area contributed by atoms with Crippen molar-refractivity contribution in [2.45, 2.75) is 33.1 Å². The number of nitrogen functional groups attached to an aromatic ring is 1. The number of rotatable bonds is 4. The molecule has 0 aliphatic heterocycles. The standard InChI is InChI=1S/C17H18BrN3/c1-3-5-15-13(4-2)16(14(10-19)17(20)21-15)11-6-8-12(18)9-7-11/h6-9H,3-5H2,1-2H3,(H2,20,21).